The highest BCUT2D eigenvalue weighted by molar-refractivity contribution is 7.99. The largest absolute Gasteiger partial charge is 0.493 e. The van der Waals surface area contributed by atoms with E-state index >= 15 is 0 Å². The maximum Gasteiger partial charge on any atom is 0.130 e. The van der Waals surface area contributed by atoms with Crippen LogP contribution in [-0.2, 0) is 4.74 Å². The monoisotopic (exact) mass is 362 g/mol. The molecule has 1 aromatic heterocycles. The molecule has 2 aliphatic rings. The van der Waals surface area contributed by atoms with Gasteiger partial charge in [-0.25, -0.2) is 4.98 Å². The van der Waals surface area contributed by atoms with E-state index in [4.69, 9.17) is 21.1 Å². The van der Waals surface area contributed by atoms with Gasteiger partial charge in [0.25, 0.3) is 0 Å². The molecule has 0 spiro atoms. The number of hydrogen-bond donors (Lipinski definition) is 1. The molecule has 2 unspecified atom stereocenters. The van der Waals surface area contributed by atoms with Gasteiger partial charge in [0, 0.05) is 28.8 Å². The Morgan fingerprint density at radius 3 is 3.00 bits per heavy atom. The van der Waals surface area contributed by atoms with Crippen LogP contribution in [0.2, 0.25) is 5.15 Å². The van der Waals surface area contributed by atoms with Gasteiger partial charge in [0.1, 0.15) is 17.0 Å². The molecule has 2 aromatic rings. The van der Waals surface area contributed by atoms with E-state index in [9.17, 15) is 0 Å². The number of hydrogen-bond acceptors (Lipinski definition) is 5. The van der Waals surface area contributed by atoms with Gasteiger partial charge in [-0.2, -0.15) is 0 Å². The number of ether oxygens (including phenoxy) is 2. The van der Waals surface area contributed by atoms with E-state index in [0.29, 0.717) is 17.0 Å². The van der Waals surface area contributed by atoms with E-state index in [-0.39, 0.29) is 6.10 Å². The molecule has 2 atom stereocenters. The molecule has 6 heteroatoms. The number of pyridine rings is 1. The molecule has 24 heavy (non-hydrogen) atoms. The Balaban J connectivity index is 1.58. The van der Waals surface area contributed by atoms with Crippen LogP contribution < -0.4 is 10.1 Å². The third-order valence-electron chi connectivity index (χ3n) is 4.23. The van der Waals surface area contributed by atoms with E-state index in [1.807, 2.05) is 30.0 Å². The Bertz CT molecular complexity index is 722. The first-order valence-corrected chi connectivity index (χ1v) is 9.43. The Hall–Kier alpha value is -1.27. The average molecular weight is 363 g/mol. The molecule has 126 valence electrons. The molecule has 0 saturated carbocycles. The number of nitrogens with one attached hydrogen (secondary N) is 1. The van der Waals surface area contributed by atoms with E-state index in [2.05, 4.69) is 28.5 Å². The lowest BCUT2D eigenvalue weighted by molar-refractivity contribution is 0.0249. The highest BCUT2D eigenvalue weighted by Crippen LogP contribution is 2.44. The summed E-state index contributed by atoms with van der Waals surface area (Å²) in [5.41, 5.74) is 2.15. The lowest BCUT2D eigenvalue weighted by Crippen LogP contribution is -2.33. The van der Waals surface area contributed by atoms with E-state index in [1.54, 1.807) is 0 Å². The van der Waals surface area contributed by atoms with Crippen LogP contribution in [0.15, 0.2) is 41.3 Å². The van der Waals surface area contributed by atoms with Crippen LogP contribution in [0.1, 0.15) is 29.0 Å². The fourth-order valence-corrected chi connectivity index (χ4v) is 4.59. The van der Waals surface area contributed by atoms with E-state index in [1.165, 1.54) is 5.56 Å². The normalized spacial score (nSPS) is 23.4. The zero-order chi connectivity index (χ0) is 16.4. The van der Waals surface area contributed by atoms with Gasteiger partial charge in [0.15, 0.2) is 0 Å². The molecule has 1 fully saturated rings. The summed E-state index contributed by atoms with van der Waals surface area (Å²) in [6.45, 7) is 3.11. The summed E-state index contributed by atoms with van der Waals surface area (Å²) in [6, 6.07) is 12.3. The van der Waals surface area contributed by atoms with E-state index in [0.717, 1.165) is 42.5 Å². The SMILES string of the molecule is Clc1cc(SC2CCOc3ccccc32)cc(C2CNCCO2)n1. The summed E-state index contributed by atoms with van der Waals surface area (Å²) in [5.74, 6) is 0.987. The number of thioether (sulfide) groups is 1. The second kappa shape index (κ2) is 7.31. The number of para-hydroxylation sites is 1. The number of fused-ring (bicyclic) bond motifs is 1. The van der Waals surface area contributed by atoms with Gasteiger partial charge in [-0.15, -0.1) is 11.8 Å². The Morgan fingerprint density at radius 1 is 1.21 bits per heavy atom. The van der Waals surface area contributed by atoms with Crippen molar-refractivity contribution in [2.75, 3.05) is 26.3 Å². The average Bonchev–Trinajstić information content (AvgIpc) is 2.62. The predicted octanol–water partition coefficient (Wildman–Crippen LogP) is 4.01. The Morgan fingerprint density at radius 2 is 2.12 bits per heavy atom. The smallest absolute Gasteiger partial charge is 0.130 e. The maximum absolute atomic E-state index is 6.26. The number of aromatic nitrogens is 1. The first-order valence-electron chi connectivity index (χ1n) is 8.18. The standard InChI is InChI=1S/C18H19ClN2O2S/c19-18-10-12(9-14(21-18)16-11-20-6-8-23-16)24-17-5-7-22-15-4-2-1-3-13(15)17/h1-4,9-10,16-17,20H,5-8,11H2. The fourth-order valence-electron chi connectivity index (χ4n) is 3.08. The molecular weight excluding hydrogens is 344 g/mol. The lowest BCUT2D eigenvalue weighted by Gasteiger charge is -2.26. The Kier molecular flexibility index (Phi) is 4.94. The number of rotatable bonds is 3. The molecule has 0 radical (unpaired) electrons. The number of morpholine rings is 1. The highest BCUT2D eigenvalue weighted by atomic mass is 35.5. The van der Waals surface area contributed by atoms with Gasteiger partial charge < -0.3 is 14.8 Å². The van der Waals surface area contributed by atoms with Crippen molar-refractivity contribution >= 4 is 23.4 Å². The van der Waals surface area contributed by atoms with Crippen LogP contribution in [0.25, 0.3) is 0 Å². The number of halogens is 1. The number of benzene rings is 1. The lowest BCUT2D eigenvalue weighted by atomic mass is 10.1. The third-order valence-corrected chi connectivity index (χ3v) is 5.70. The molecule has 4 rings (SSSR count). The van der Waals surface area contributed by atoms with Gasteiger partial charge in [-0.3, -0.25) is 0 Å². The van der Waals surface area contributed by atoms with Gasteiger partial charge in [-0.05, 0) is 24.6 Å². The molecule has 0 amide bonds. The quantitative estimate of drug-likeness (QED) is 0.835. The summed E-state index contributed by atoms with van der Waals surface area (Å²) in [5, 5.41) is 4.22. The predicted molar refractivity (Wildman–Crippen MR) is 96.0 cm³/mol. The minimum absolute atomic E-state index is 0.0289. The molecule has 0 aliphatic carbocycles. The first kappa shape index (κ1) is 16.2. The first-order chi connectivity index (χ1) is 11.8. The van der Waals surface area contributed by atoms with Gasteiger partial charge in [-0.1, -0.05) is 29.8 Å². The van der Waals surface area contributed by atoms with Crippen molar-refractivity contribution < 1.29 is 9.47 Å². The molecular formula is C18H19ClN2O2S. The summed E-state index contributed by atoms with van der Waals surface area (Å²) in [4.78, 5) is 5.58. The van der Waals surface area contributed by atoms with Crippen LogP contribution in [0.3, 0.4) is 0 Å². The zero-order valence-corrected chi connectivity index (χ0v) is 14.8. The minimum Gasteiger partial charge on any atom is -0.493 e. The van der Waals surface area contributed by atoms with Crippen LogP contribution in [0.5, 0.6) is 5.75 Å². The van der Waals surface area contributed by atoms with Crippen molar-refractivity contribution in [3.8, 4) is 5.75 Å². The second-order valence-corrected chi connectivity index (χ2v) is 7.56. The van der Waals surface area contributed by atoms with Crippen molar-refractivity contribution in [1.82, 2.24) is 10.3 Å². The molecule has 1 N–H and O–H groups in total. The van der Waals surface area contributed by atoms with E-state index < -0.39 is 0 Å². The number of nitrogens with zero attached hydrogens (tertiary/aromatic N) is 1. The van der Waals surface area contributed by atoms with Crippen LogP contribution in [0, 0.1) is 0 Å². The van der Waals surface area contributed by atoms with Gasteiger partial charge in [0.05, 0.1) is 18.9 Å². The molecule has 0 bridgehead atoms. The van der Waals surface area contributed by atoms with Crippen LogP contribution in [-0.4, -0.2) is 31.3 Å². The van der Waals surface area contributed by atoms with Crippen molar-refractivity contribution in [2.24, 2.45) is 0 Å². The highest BCUT2D eigenvalue weighted by Gasteiger charge is 2.24. The summed E-state index contributed by atoms with van der Waals surface area (Å²) in [6.07, 6.45) is 0.956. The van der Waals surface area contributed by atoms with Gasteiger partial charge >= 0.3 is 0 Å². The molecule has 2 aliphatic heterocycles. The zero-order valence-electron chi connectivity index (χ0n) is 13.2. The molecule has 4 nitrogen and oxygen atoms in total. The van der Waals surface area contributed by atoms with Gasteiger partial charge in [0.2, 0.25) is 0 Å². The fraction of sp³-hybridized carbons (Fsp3) is 0.389. The third kappa shape index (κ3) is 3.54. The van der Waals surface area contributed by atoms with Crippen molar-refractivity contribution in [3.05, 3.63) is 52.8 Å². The van der Waals surface area contributed by atoms with Crippen LogP contribution in [0.4, 0.5) is 0 Å². The van der Waals surface area contributed by atoms with Crippen molar-refractivity contribution in [3.63, 3.8) is 0 Å². The molecule has 1 saturated heterocycles. The topological polar surface area (TPSA) is 43.4 Å². The second-order valence-electron chi connectivity index (χ2n) is 5.90. The van der Waals surface area contributed by atoms with Crippen molar-refractivity contribution in [2.45, 2.75) is 22.7 Å². The molecule has 1 aromatic carbocycles. The molecule has 3 heterocycles. The summed E-state index contributed by atoms with van der Waals surface area (Å²) in [7, 11) is 0. The maximum atomic E-state index is 6.26. The minimum atomic E-state index is -0.0289. The Labute approximate surface area is 150 Å². The summed E-state index contributed by atoms with van der Waals surface area (Å²) >= 11 is 8.08. The summed E-state index contributed by atoms with van der Waals surface area (Å²) < 4.78 is 11.6. The van der Waals surface area contributed by atoms with Crippen LogP contribution >= 0.6 is 23.4 Å². The van der Waals surface area contributed by atoms with Crippen molar-refractivity contribution in [1.29, 1.82) is 0 Å².